The number of ether oxygens (including phenoxy) is 1. The standard InChI is InChI=1S/C30H27F7N4O3/c31-24-4-1-2-5-25(24)39-14-16-40(17-15-39)27(43)28(44-21-8-6-20(7-9-21)29(32,33)34)11-3-13-41(19-28)26(42)22-18-38-12-10-23(22)30(35,36)37/h1-2,4-10,12,18H,3,11,13-17,19H2. The second-order valence-electron chi connectivity index (χ2n) is 10.6. The van der Waals surface area contributed by atoms with E-state index in [9.17, 15) is 40.3 Å². The third-order valence-electron chi connectivity index (χ3n) is 7.74. The summed E-state index contributed by atoms with van der Waals surface area (Å²) in [5, 5.41) is 0. The van der Waals surface area contributed by atoms with Crippen molar-refractivity contribution in [3.05, 3.63) is 89.5 Å². The van der Waals surface area contributed by atoms with Crippen LogP contribution in [-0.2, 0) is 17.1 Å². The van der Waals surface area contributed by atoms with Gasteiger partial charge in [0, 0.05) is 45.1 Å². The zero-order valence-electron chi connectivity index (χ0n) is 23.2. The SMILES string of the molecule is O=C(c1cnccc1C(F)(F)F)N1CCCC(Oc2ccc(C(F)(F)F)cc2)(C(=O)N2CCN(c3ccccc3F)CC2)C1. The fraction of sp³-hybridized carbons (Fsp3) is 0.367. The Labute approximate surface area is 247 Å². The number of piperidine rings is 1. The topological polar surface area (TPSA) is 66.0 Å². The maximum atomic E-state index is 14.4. The fourth-order valence-corrected chi connectivity index (χ4v) is 5.56. The van der Waals surface area contributed by atoms with Crippen molar-refractivity contribution in [2.75, 3.05) is 44.2 Å². The lowest BCUT2D eigenvalue weighted by molar-refractivity contribution is -0.153. The van der Waals surface area contributed by atoms with Crippen LogP contribution in [0.25, 0.3) is 0 Å². The maximum Gasteiger partial charge on any atom is 0.417 e. The number of amides is 2. The molecule has 2 saturated heterocycles. The van der Waals surface area contributed by atoms with E-state index in [4.69, 9.17) is 4.74 Å². The van der Waals surface area contributed by atoms with Gasteiger partial charge < -0.3 is 19.4 Å². The summed E-state index contributed by atoms with van der Waals surface area (Å²) in [5.74, 6) is -2.10. The van der Waals surface area contributed by atoms with E-state index >= 15 is 0 Å². The van der Waals surface area contributed by atoms with Gasteiger partial charge in [-0.1, -0.05) is 12.1 Å². The molecule has 7 nitrogen and oxygen atoms in total. The normalized spacial score (nSPS) is 19.6. The Balaban J connectivity index is 1.43. The third-order valence-corrected chi connectivity index (χ3v) is 7.74. The molecule has 0 spiro atoms. The zero-order valence-corrected chi connectivity index (χ0v) is 23.2. The summed E-state index contributed by atoms with van der Waals surface area (Å²) in [7, 11) is 0. The minimum absolute atomic E-state index is 0.0114. The zero-order chi connectivity index (χ0) is 31.7. The Morgan fingerprint density at radius 2 is 1.50 bits per heavy atom. The van der Waals surface area contributed by atoms with Crippen molar-refractivity contribution in [3.8, 4) is 5.75 Å². The number of hydrogen-bond donors (Lipinski definition) is 0. The van der Waals surface area contributed by atoms with E-state index < -0.39 is 58.8 Å². The van der Waals surface area contributed by atoms with Crippen molar-refractivity contribution in [2.45, 2.75) is 30.8 Å². The molecule has 0 saturated carbocycles. The molecule has 5 rings (SSSR count). The summed E-state index contributed by atoms with van der Waals surface area (Å²) < 4.78 is 101. The van der Waals surface area contributed by atoms with Gasteiger partial charge in [0.1, 0.15) is 11.6 Å². The molecule has 1 atom stereocenters. The highest BCUT2D eigenvalue weighted by Crippen LogP contribution is 2.36. The number of anilines is 1. The summed E-state index contributed by atoms with van der Waals surface area (Å²) in [6.07, 6.45) is -7.53. The highest BCUT2D eigenvalue weighted by molar-refractivity contribution is 5.96. The third kappa shape index (κ3) is 6.43. The van der Waals surface area contributed by atoms with E-state index in [-0.39, 0.29) is 51.3 Å². The van der Waals surface area contributed by atoms with Gasteiger partial charge in [0.05, 0.1) is 28.9 Å². The number of alkyl halides is 6. The van der Waals surface area contributed by atoms with Crippen molar-refractivity contribution in [1.82, 2.24) is 14.8 Å². The van der Waals surface area contributed by atoms with Crippen LogP contribution in [0.1, 0.15) is 34.3 Å². The monoisotopic (exact) mass is 624 g/mol. The minimum atomic E-state index is -4.84. The fourth-order valence-electron chi connectivity index (χ4n) is 5.56. The molecule has 2 amide bonds. The van der Waals surface area contributed by atoms with Crippen LogP contribution < -0.4 is 9.64 Å². The van der Waals surface area contributed by atoms with Crippen LogP contribution in [0.5, 0.6) is 5.75 Å². The largest absolute Gasteiger partial charge is 0.476 e. The van der Waals surface area contributed by atoms with Crippen LogP contribution in [0.4, 0.5) is 36.4 Å². The van der Waals surface area contributed by atoms with Crippen molar-refractivity contribution in [3.63, 3.8) is 0 Å². The minimum Gasteiger partial charge on any atom is -0.476 e. The highest BCUT2D eigenvalue weighted by atomic mass is 19.4. The van der Waals surface area contributed by atoms with Gasteiger partial charge in [0.2, 0.25) is 5.60 Å². The number of rotatable bonds is 5. The number of para-hydroxylation sites is 1. The van der Waals surface area contributed by atoms with E-state index in [0.29, 0.717) is 11.8 Å². The predicted octanol–water partition coefficient (Wildman–Crippen LogP) is 5.66. The number of carbonyl (C=O) groups excluding carboxylic acids is 2. The molecule has 234 valence electrons. The maximum absolute atomic E-state index is 14.4. The van der Waals surface area contributed by atoms with Crippen molar-refractivity contribution < 1.29 is 45.1 Å². The molecule has 2 aliphatic heterocycles. The average Bonchev–Trinajstić information content (AvgIpc) is 3.00. The number of carbonyl (C=O) groups is 2. The summed E-state index contributed by atoms with van der Waals surface area (Å²) in [4.78, 5) is 35.6. The van der Waals surface area contributed by atoms with Crippen LogP contribution in [0.3, 0.4) is 0 Å². The second kappa shape index (κ2) is 12.0. The molecule has 1 aromatic heterocycles. The number of likely N-dealkylation sites (tertiary alicyclic amines) is 1. The van der Waals surface area contributed by atoms with Crippen LogP contribution >= 0.6 is 0 Å². The van der Waals surface area contributed by atoms with E-state index in [1.165, 1.54) is 11.0 Å². The van der Waals surface area contributed by atoms with Crippen molar-refractivity contribution in [2.24, 2.45) is 0 Å². The lowest BCUT2D eigenvalue weighted by Crippen LogP contribution is -2.64. The van der Waals surface area contributed by atoms with Gasteiger partial charge in [-0.15, -0.1) is 0 Å². The number of halogens is 7. The van der Waals surface area contributed by atoms with Gasteiger partial charge in [0.15, 0.2) is 0 Å². The summed E-state index contributed by atoms with van der Waals surface area (Å²) in [5.41, 5.74) is -4.27. The Kier molecular flexibility index (Phi) is 8.45. The van der Waals surface area contributed by atoms with Gasteiger partial charge in [-0.25, -0.2) is 4.39 Å². The van der Waals surface area contributed by atoms with Gasteiger partial charge in [-0.3, -0.25) is 14.6 Å². The molecule has 3 aromatic rings. The molecule has 0 radical (unpaired) electrons. The quantitative estimate of drug-likeness (QED) is 0.343. The molecule has 0 N–H and O–H groups in total. The molecule has 2 aliphatic rings. The second-order valence-corrected chi connectivity index (χ2v) is 10.6. The Morgan fingerprint density at radius 3 is 2.14 bits per heavy atom. The van der Waals surface area contributed by atoms with E-state index in [1.54, 1.807) is 23.1 Å². The lowest BCUT2D eigenvalue weighted by atomic mass is 9.89. The lowest BCUT2D eigenvalue weighted by Gasteiger charge is -2.45. The van der Waals surface area contributed by atoms with Crippen LogP contribution in [0.2, 0.25) is 0 Å². The number of piperazine rings is 1. The van der Waals surface area contributed by atoms with Crippen molar-refractivity contribution >= 4 is 17.5 Å². The number of hydrogen-bond acceptors (Lipinski definition) is 5. The van der Waals surface area contributed by atoms with Crippen LogP contribution in [-0.4, -0.2) is 71.5 Å². The molecular formula is C30H27F7N4O3. The summed E-state index contributed by atoms with van der Waals surface area (Å²) >= 11 is 0. The number of benzene rings is 2. The predicted molar refractivity (Wildman–Crippen MR) is 144 cm³/mol. The van der Waals surface area contributed by atoms with Crippen LogP contribution in [0.15, 0.2) is 67.0 Å². The van der Waals surface area contributed by atoms with E-state index in [2.05, 4.69) is 4.98 Å². The van der Waals surface area contributed by atoms with Crippen molar-refractivity contribution in [1.29, 1.82) is 0 Å². The highest BCUT2D eigenvalue weighted by Gasteiger charge is 2.49. The molecule has 0 aliphatic carbocycles. The van der Waals surface area contributed by atoms with Gasteiger partial charge >= 0.3 is 12.4 Å². The first-order chi connectivity index (χ1) is 20.8. The Hall–Kier alpha value is -4.36. The first-order valence-electron chi connectivity index (χ1n) is 13.7. The average molecular weight is 625 g/mol. The smallest absolute Gasteiger partial charge is 0.417 e. The number of nitrogens with zero attached hydrogens (tertiary/aromatic N) is 4. The molecule has 1 unspecified atom stereocenters. The first-order valence-corrected chi connectivity index (χ1v) is 13.7. The molecule has 14 heteroatoms. The molecule has 0 bridgehead atoms. The van der Waals surface area contributed by atoms with E-state index in [1.807, 2.05) is 0 Å². The number of pyridine rings is 1. The Morgan fingerprint density at radius 1 is 0.818 bits per heavy atom. The summed E-state index contributed by atoms with van der Waals surface area (Å²) in [6.45, 7) is 0.357. The molecule has 2 fully saturated rings. The molecular weight excluding hydrogens is 597 g/mol. The summed E-state index contributed by atoms with van der Waals surface area (Å²) in [6, 6.07) is 10.5. The number of aromatic nitrogens is 1. The van der Waals surface area contributed by atoms with Crippen LogP contribution in [0, 0.1) is 5.82 Å². The molecule has 2 aromatic carbocycles. The molecule has 3 heterocycles. The Bertz CT molecular complexity index is 1510. The van der Waals surface area contributed by atoms with Gasteiger partial charge in [-0.2, -0.15) is 26.3 Å². The first kappa shape index (κ1) is 31.1. The molecule has 44 heavy (non-hydrogen) atoms. The van der Waals surface area contributed by atoms with Gasteiger partial charge in [0.25, 0.3) is 11.8 Å². The van der Waals surface area contributed by atoms with Gasteiger partial charge in [-0.05, 0) is 55.3 Å². The van der Waals surface area contributed by atoms with E-state index in [0.717, 1.165) is 41.6 Å².